The van der Waals surface area contributed by atoms with E-state index in [1.165, 1.54) is 19.3 Å². The van der Waals surface area contributed by atoms with Gasteiger partial charge in [-0.2, -0.15) is 0 Å². The summed E-state index contributed by atoms with van der Waals surface area (Å²) in [5.74, 6) is 1.56. The molecule has 0 amide bonds. The predicted molar refractivity (Wildman–Crippen MR) is 67.4 cm³/mol. The smallest absolute Gasteiger partial charge is 0.211 e. The monoisotopic (exact) mass is 241 g/mol. The van der Waals surface area contributed by atoms with E-state index in [1.54, 1.807) is 0 Å². The number of carbonyl (C=O) groups excluding carboxylic acids is 1. The highest BCUT2D eigenvalue weighted by atomic mass is 16.6. The highest BCUT2D eigenvalue weighted by molar-refractivity contribution is 6.47. The molecule has 1 aromatic rings. The molecule has 3 heteroatoms. The van der Waals surface area contributed by atoms with Gasteiger partial charge in [0.25, 0.3) is 0 Å². The number of Topliss-reactive ketones (excluding diaryl/α,β-unsaturated/α-hetero) is 1. The summed E-state index contributed by atoms with van der Waals surface area (Å²) >= 11 is 0. The van der Waals surface area contributed by atoms with Crippen molar-refractivity contribution in [2.24, 2.45) is 22.9 Å². The Morgan fingerprint density at radius 3 is 2.78 bits per heavy atom. The summed E-state index contributed by atoms with van der Waals surface area (Å²) in [4.78, 5) is 18.0. The molecular weight excluding hydrogens is 226 g/mol. The predicted octanol–water partition coefficient (Wildman–Crippen LogP) is 2.67. The van der Waals surface area contributed by atoms with E-state index in [9.17, 15) is 4.79 Å². The van der Waals surface area contributed by atoms with E-state index in [2.05, 4.69) is 5.16 Å². The van der Waals surface area contributed by atoms with E-state index in [-0.39, 0.29) is 17.8 Å². The van der Waals surface area contributed by atoms with Gasteiger partial charge in [0.1, 0.15) is 11.8 Å². The van der Waals surface area contributed by atoms with Crippen LogP contribution in [0.15, 0.2) is 35.5 Å². The number of hydrogen-bond acceptors (Lipinski definition) is 3. The molecule has 4 atom stereocenters. The van der Waals surface area contributed by atoms with Gasteiger partial charge in [-0.3, -0.25) is 4.79 Å². The van der Waals surface area contributed by atoms with Gasteiger partial charge in [0.05, 0.1) is 5.92 Å². The molecule has 0 N–H and O–H groups in total. The molecule has 1 aromatic carbocycles. The molecule has 2 bridgehead atoms. The third-order valence-electron chi connectivity index (χ3n) is 4.70. The number of ketones is 1. The molecule has 0 spiro atoms. The highest BCUT2D eigenvalue weighted by Crippen LogP contribution is 2.52. The molecule has 3 nitrogen and oxygen atoms in total. The zero-order chi connectivity index (χ0) is 12.1. The van der Waals surface area contributed by atoms with Gasteiger partial charge < -0.3 is 4.84 Å². The lowest BCUT2D eigenvalue weighted by atomic mass is 9.81. The maximum atomic E-state index is 12.5. The lowest BCUT2D eigenvalue weighted by molar-refractivity contribution is 0.0275. The first-order valence-electron chi connectivity index (χ1n) is 6.68. The quantitative estimate of drug-likeness (QED) is 0.747. The fraction of sp³-hybridized carbons (Fsp3) is 0.467. The SMILES string of the molecule is O=C(C1=NOC2C3CCC(C3)C12)c1ccccc1. The third-order valence-corrected chi connectivity index (χ3v) is 4.70. The average Bonchev–Trinajstić information content (AvgIpc) is 3.11. The van der Waals surface area contributed by atoms with Crippen LogP contribution in [0.25, 0.3) is 0 Å². The standard InChI is InChI=1S/C15H15NO2/c17-14(9-4-2-1-3-5-9)13-12-10-6-7-11(8-10)15(12)18-16-13/h1-5,10-12,15H,6-8H2. The van der Waals surface area contributed by atoms with E-state index in [1.807, 2.05) is 30.3 Å². The van der Waals surface area contributed by atoms with Gasteiger partial charge in [-0.1, -0.05) is 35.5 Å². The summed E-state index contributed by atoms with van der Waals surface area (Å²) in [6.45, 7) is 0. The molecule has 2 saturated carbocycles. The number of carbonyl (C=O) groups is 1. The molecule has 1 aliphatic heterocycles. The van der Waals surface area contributed by atoms with E-state index < -0.39 is 0 Å². The average molecular weight is 241 g/mol. The second kappa shape index (κ2) is 3.67. The molecule has 2 fully saturated rings. The highest BCUT2D eigenvalue weighted by Gasteiger charge is 2.55. The van der Waals surface area contributed by atoms with Crippen molar-refractivity contribution in [3.8, 4) is 0 Å². The van der Waals surface area contributed by atoms with Crippen LogP contribution in [0.3, 0.4) is 0 Å². The Morgan fingerprint density at radius 1 is 1.17 bits per heavy atom. The summed E-state index contributed by atoms with van der Waals surface area (Å²) in [5.41, 5.74) is 1.39. The van der Waals surface area contributed by atoms with Gasteiger partial charge >= 0.3 is 0 Å². The molecule has 18 heavy (non-hydrogen) atoms. The number of hydrogen-bond donors (Lipinski definition) is 0. The first kappa shape index (κ1) is 10.3. The van der Waals surface area contributed by atoms with Crippen LogP contribution >= 0.6 is 0 Å². The fourth-order valence-electron chi connectivity index (χ4n) is 3.88. The number of oxime groups is 1. The lowest BCUT2D eigenvalue weighted by Crippen LogP contribution is -2.33. The van der Waals surface area contributed by atoms with Crippen LogP contribution in [-0.4, -0.2) is 17.6 Å². The van der Waals surface area contributed by atoms with E-state index >= 15 is 0 Å². The minimum Gasteiger partial charge on any atom is -0.391 e. The molecule has 4 unspecified atom stereocenters. The minimum absolute atomic E-state index is 0.0515. The Bertz CT molecular complexity index is 523. The van der Waals surface area contributed by atoms with Crippen molar-refractivity contribution in [1.29, 1.82) is 0 Å². The second-order valence-electron chi connectivity index (χ2n) is 5.60. The molecule has 1 heterocycles. The van der Waals surface area contributed by atoms with Crippen LogP contribution in [-0.2, 0) is 4.84 Å². The van der Waals surface area contributed by atoms with Gasteiger partial charge in [-0.25, -0.2) is 0 Å². The van der Waals surface area contributed by atoms with Gasteiger partial charge in [-0.05, 0) is 31.1 Å². The zero-order valence-electron chi connectivity index (χ0n) is 10.1. The Labute approximate surface area is 106 Å². The van der Waals surface area contributed by atoms with Crippen molar-refractivity contribution in [1.82, 2.24) is 0 Å². The largest absolute Gasteiger partial charge is 0.391 e. The summed E-state index contributed by atoms with van der Waals surface area (Å²) in [7, 11) is 0. The topological polar surface area (TPSA) is 38.7 Å². The third kappa shape index (κ3) is 1.30. The van der Waals surface area contributed by atoms with E-state index in [0.29, 0.717) is 17.5 Å². The van der Waals surface area contributed by atoms with Crippen LogP contribution in [0, 0.1) is 17.8 Å². The fourth-order valence-corrected chi connectivity index (χ4v) is 3.88. The number of rotatable bonds is 2. The van der Waals surface area contributed by atoms with Crippen LogP contribution in [0.5, 0.6) is 0 Å². The van der Waals surface area contributed by atoms with Crippen molar-refractivity contribution in [2.45, 2.75) is 25.4 Å². The van der Waals surface area contributed by atoms with E-state index in [4.69, 9.17) is 4.84 Å². The second-order valence-corrected chi connectivity index (χ2v) is 5.60. The molecule has 0 radical (unpaired) electrons. The van der Waals surface area contributed by atoms with Crippen molar-refractivity contribution >= 4 is 11.5 Å². The Morgan fingerprint density at radius 2 is 1.94 bits per heavy atom. The van der Waals surface area contributed by atoms with E-state index in [0.717, 1.165) is 5.56 Å². The van der Waals surface area contributed by atoms with Gasteiger partial charge in [0, 0.05) is 5.56 Å². The maximum Gasteiger partial charge on any atom is 0.211 e. The first-order valence-corrected chi connectivity index (χ1v) is 6.68. The normalized spacial score (nSPS) is 36.1. The number of fused-ring (bicyclic) bond motifs is 5. The van der Waals surface area contributed by atoms with Crippen LogP contribution in [0.4, 0.5) is 0 Å². The zero-order valence-corrected chi connectivity index (χ0v) is 10.1. The summed E-state index contributed by atoms with van der Waals surface area (Å²) in [6.07, 6.45) is 3.88. The lowest BCUT2D eigenvalue weighted by Gasteiger charge is -2.22. The molecule has 92 valence electrons. The molecule has 2 aliphatic carbocycles. The molecule has 3 aliphatic rings. The van der Waals surface area contributed by atoms with Gasteiger partial charge in [-0.15, -0.1) is 0 Å². The first-order chi connectivity index (χ1) is 8.84. The van der Waals surface area contributed by atoms with Crippen LogP contribution in [0.2, 0.25) is 0 Å². The van der Waals surface area contributed by atoms with Crippen LogP contribution < -0.4 is 0 Å². The number of benzene rings is 1. The molecule has 0 saturated heterocycles. The van der Waals surface area contributed by atoms with Crippen molar-refractivity contribution in [3.05, 3.63) is 35.9 Å². The molecule has 0 aromatic heterocycles. The summed E-state index contributed by atoms with van der Waals surface area (Å²) < 4.78 is 0. The van der Waals surface area contributed by atoms with Crippen molar-refractivity contribution in [3.63, 3.8) is 0 Å². The number of nitrogens with zero attached hydrogens (tertiary/aromatic N) is 1. The Kier molecular flexibility index (Phi) is 2.10. The maximum absolute atomic E-state index is 12.5. The Balaban J connectivity index is 1.65. The molecular formula is C15H15NO2. The van der Waals surface area contributed by atoms with Gasteiger partial charge in [0.2, 0.25) is 5.78 Å². The summed E-state index contributed by atoms with van der Waals surface area (Å²) in [5, 5.41) is 4.10. The molecule has 4 rings (SSSR count). The minimum atomic E-state index is 0.0515. The summed E-state index contributed by atoms with van der Waals surface area (Å²) in [6, 6.07) is 9.41. The van der Waals surface area contributed by atoms with Crippen molar-refractivity contribution < 1.29 is 9.63 Å². The van der Waals surface area contributed by atoms with Crippen molar-refractivity contribution in [2.75, 3.05) is 0 Å². The Hall–Kier alpha value is -1.64. The van der Waals surface area contributed by atoms with Crippen LogP contribution in [0.1, 0.15) is 29.6 Å². The van der Waals surface area contributed by atoms with Gasteiger partial charge in [0.15, 0.2) is 0 Å².